The van der Waals surface area contributed by atoms with Gasteiger partial charge in [0.15, 0.2) is 5.60 Å². The summed E-state index contributed by atoms with van der Waals surface area (Å²) >= 11 is 0. The van der Waals surface area contributed by atoms with E-state index in [1.807, 2.05) is 32.0 Å². The second-order valence-corrected chi connectivity index (χ2v) is 10.8. The number of ether oxygens (including phenoxy) is 5. The van der Waals surface area contributed by atoms with E-state index in [1.54, 1.807) is 42.5 Å². The van der Waals surface area contributed by atoms with Crippen molar-refractivity contribution in [2.75, 3.05) is 6.61 Å². The summed E-state index contributed by atoms with van der Waals surface area (Å²) in [5, 5.41) is 33.2. The summed E-state index contributed by atoms with van der Waals surface area (Å²) < 4.78 is 30.2. The van der Waals surface area contributed by atoms with E-state index in [0.717, 1.165) is 0 Å². The summed E-state index contributed by atoms with van der Waals surface area (Å²) in [7, 11) is 0. The smallest absolute Gasteiger partial charge is 0.340 e. The molecule has 6 rings (SSSR count). The first-order valence-corrected chi connectivity index (χ1v) is 13.6. The van der Waals surface area contributed by atoms with E-state index in [1.165, 1.54) is 6.92 Å². The molecule has 220 valence electrons. The van der Waals surface area contributed by atoms with Crippen molar-refractivity contribution in [1.82, 2.24) is 5.32 Å². The topological polar surface area (TPSA) is 153 Å². The minimum atomic E-state index is -1.47. The van der Waals surface area contributed by atoms with Gasteiger partial charge in [-0.15, -0.1) is 0 Å². The molecule has 1 fully saturated rings. The Kier molecular flexibility index (Phi) is 7.06. The van der Waals surface area contributed by atoms with Crippen LogP contribution in [0.2, 0.25) is 0 Å². The zero-order chi connectivity index (χ0) is 29.8. The summed E-state index contributed by atoms with van der Waals surface area (Å²) in [5.74, 6) is 0.621. The summed E-state index contributed by atoms with van der Waals surface area (Å²) in [4.78, 5) is 25.0. The number of hydrogen-bond donors (Lipinski definition) is 4. The normalized spacial score (nSPS) is 27.4. The van der Waals surface area contributed by atoms with Crippen LogP contribution in [0, 0.1) is 0 Å². The third kappa shape index (κ3) is 4.54. The fourth-order valence-corrected chi connectivity index (χ4v) is 5.76. The number of fused-ring (bicyclic) bond motifs is 6. The van der Waals surface area contributed by atoms with Crippen molar-refractivity contribution in [2.45, 2.75) is 63.1 Å². The van der Waals surface area contributed by atoms with Gasteiger partial charge in [0.2, 0.25) is 12.2 Å². The van der Waals surface area contributed by atoms with E-state index in [9.17, 15) is 24.9 Å². The summed E-state index contributed by atoms with van der Waals surface area (Å²) in [5.41, 5.74) is 0.993. The summed E-state index contributed by atoms with van der Waals surface area (Å²) in [6.45, 7) is 4.50. The molecule has 0 aromatic heterocycles. The standard InChI is InChI=1S/C31H31NO10/c1-15(2)38-17-8-10-21-23(12-17)40-24-13-18(39-30-26(32-16(3)34)28(36)27(35)25(14-33)41-30)9-11-22(24)31(21)20-7-5-4-6-19(20)29(37)42-31/h4-13,15,25-28,30,33,35-36H,14H2,1-3H3,(H,32,34)/t25?,26?,27-,28+,30+,31?/m0/s1. The highest BCUT2D eigenvalue weighted by atomic mass is 16.7. The van der Waals surface area contributed by atoms with Crippen LogP contribution < -0.4 is 19.5 Å². The van der Waals surface area contributed by atoms with E-state index in [2.05, 4.69) is 5.32 Å². The lowest BCUT2D eigenvalue weighted by molar-refractivity contribution is -0.244. The number of amides is 1. The number of benzene rings is 3. The second-order valence-electron chi connectivity index (χ2n) is 10.8. The molecule has 0 radical (unpaired) electrons. The zero-order valence-corrected chi connectivity index (χ0v) is 23.1. The van der Waals surface area contributed by atoms with E-state index in [0.29, 0.717) is 39.5 Å². The Labute approximate surface area is 241 Å². The number of hydrogen-bond acceptors (Lipinski definition) is 10. The molecule has 1 amide bonds. The maximum absolute atomic E-state index is 13.1. The lowest BCUT2D eigenvalue weighted by Gasteiger charge is -2.42. The van der Waals surface area contributed by atoms with E-state index >= 15 is 0 Å². The molecule has 3 heterocycles. The second kappa shape index (κ2) is 10.6. The van der Waals surface area contributed by atoms with Gasteiger partial charge in [0.05, 0.1) is 18.3 Å². The average Bonchev–Trinajstić information content (AvgIpc) is 3.24. The minimum Gasteiger partial charge on any atom is -0.491 e. The van der Waals surface area contributed by atoms with Gasteiger partial charge in [0, 0.05) is 35.7 Å². The van der Waals surface area contributed by atoms with Crippen LogP contribution in [0.1, 0.15) is 47.8 Å². The maximum Gasteiger partial charge on any atom is 0.340 e. The molecule has 3 aromatic carbocycles. The molecule has 3 aliphatic rings. The van der Waals surface area contributed by atoms with Crippen molar-refractivity contribution in [3.8, 4) is 23.0 Å². The first-order valence-electron chi connectivity index (χ1n) is 13.6. The van der Waals surface area contributed by atoms with Crippen molar-refractivity contribution in [3.63, 3.8) is 0 Å². The Morgan fingerprint density at radius 2 is 1.64 bits per heavy atom. The van der Waals surface area contributed by atoms with Gasteiger partial charge >= 0.3 is 5.97 Å². The molecule has 3 unspecified atom stereocenters. The van der Waals surface area contributed by atoms with Crippen molar-refractivity contribution in [3.05, 3.63) is 82.9 Å². The van der Waals surface area contributed by atoms with Gasteiger partial charge in [0.1, 0.15) is 47.4 Å². The van der Waals surface area contributed by atoms with Crippen molar-refractivity contribution < 1.29 is 48.6 Å². The molecule has 1 spiro atoms. The third-order valence-electron chi connectivity index (χ3n) is 7.53. The Morgan fingerprint density at radius 3 is 2.31 bits per heavy atom. The first-order chi connectivity index (χ1) is 20.1. The van der Waals surface area contributed by atoms with Crippen LogP contribution in [0.3, 0.4) is 0 Å². The van der Waals surface area contributed by atoms with Crippen molar-refractivity contribution in [1.29, 1.82) is 0 Å². The van der Waals surface area contributed by atoms with Gasteiger partial charge < -0.3 is 44.3 Å². The molecule has 3 aliphatic heterocycles. The number of rotatable bonds is 6. The average molecular weight is 578 g/mol. The number of aliphatic hydroxyl groups excluding tert-OH is 3. The van der Waals surface area contributed by atoms with E-state index < -0.39 is 54.7 Å². The SMILES string of the molecule is CC(=O)NC1[C@H](Oc2ccc3c(c2)Oc2cc(OC(C)C)ccc2C32OC(=O)c3ccccc32)OC(CO)[C@H](O)[C@@H]1O. The summed E-state index contributed by atoms with van der Waals surface area (Å²) in [6, 6.07) is 16.3. The molecule has 1 saturated heterocycles. The molecular formula is C31H31NO10. The fourth-order valence-electron chi connectivity index (χ4n) is 5.76. The van der Waals surface area contributed by atoms with Crippen LogP contribution in [0.5, 0.6) is 23.0 Å². The number of aliphatic hydroxyl groups is 3. The highest BCUT2D eigenvalue weighted by molar-refractivity contribution is 5.97. The Morgan fingerprint density at radius 1 is 0.976 bits per heavy atom. The van der Waals surface area contributed by atoms with Crippen LogP contribution in [0.4, 0.5) is 0 Å². The predicted molar refractivity (Wildman–Crippen MR) is 146 cm³/mol. The minimum absolute atomic E-state index is 0.0819. The van der Waals surface area contributed by atoms with E-state index in [4.69, 9.17) is 23.7 Å². The van der Waals surface area contributed by atoms with Crippen LogP contribution in [0.25, 0.3) is 0 Å². The highest BCUT2D eigenvalue weighted by Gasteiger charge is 2.54. The van der Waals surface area contributed by atoms with Crippen LogP contribution >= 0.6 is 0 Å². The maximum atomic E-state index is 13.1. The monoisotopic (exact) mass is 577 g/mol. The third-order valence-corrected chi connectivity index (χ3v) is 7.53. The molecule has 11 nitrogen and oxygen atoms in total. The molecule has 3 aromatic rings. The Hall–Kier alpha value is -4.16. The molecule has 4 N–H and O–H groups in total. The molecule has 42 heavy (non-hydrogen) atoms. The number of nitrogens with one attached hydrogen (secondary N) is 1. The molecule has 6 atom stereocenters. The lowest BCUT2D eigenvalue weighted by atomic mass is 9.77. The van der Waals surface area contributed by atoms with Gasteiger partial charge in [-0.2, -0.15) is 0 Å². The first kappa shape index (κ1) is 28.0. The molecule has 0 bridgehead atoms. The lowest BCUT2D eigenvalue weighted by Crippen LogP contribution is -2.65. The Balaban J connectivity index is 1.43. The predicted octanol–water partition coefficient (Wildman–Crippen LogP) is 2.36. The molecule has 0 saturated carbocycles. The van der Waals surface area contributed by atoms with Gasteiger partial charge in [-0.3, -0.25) is 4.79 Å². The zero-order valence-electron chi connectivity index (χ0n) is 23.1. The van der Waals surface area contributed by atoms with Gasteiger partial charge in [0.25, 0.3) is 0 Å². The highest BCUT2D eigenvalue weighted by Crippen LogP contribution is 2.57. The quantitative estimate of drug-likeness (QED) is 0.321. The van der Waals surface area contributed by atoms with Crippen molar-refractivity contribution >= 4 is 11.9 Å². The Bertz CT molecular complexity index is 1540. The van der Waals surface area contributed by atoms with Crippen LogP contribution in [-0.2, 0) is 19.9 Å². The number of carbonyl (C=O) groups is 2. The largest absolute Gasteiger partial charge is 0.491 e. The molecular weight excluding hydrogens is 546 g/mol. The molecule has 0 aliphatic carbocycles. The number of esters is 1. The summed E-state index contributed by atoms with van der Waals surface area (Å²) in [6.07, 6.45) is -5.41. The van der Waals surface area contributed by atoms with E-state index in [-0.39, 0.29) is 11.9 Å². The number of carbonyl (C=O) groups excluding carboxylic acids is 2. The van der Waals surface area contributed by atoms with Gasteiger partial charge in [-0.05, 0) is 44.2 Å². The molecule has 11 heteroatoms. The van der Waals surface area contributed by atoms with Crippen LogP contribution in [-0.4, -0.2) is 70.6 Å². The van der Waals surface area contributed by atoms with Crippen molar-refractivity contribution in [2.24, 2.45) is 0 Å². The fraction of sp³-hybridized carbons (Fsp3) is 0.355. The van der Waals surface area contributed by atoms with Gasteiger partial charge in [-0.1, -0.05) is 18.2 Å². The van der Waals surface area contributed by atoms with Crippen LogP contribution in [0.15, 0.2) is 60.7 Å². The van der Waals surface area contributed by atoms with Gasteiger partial charge in [-0.25, -0.2) is 4.79 Å².